The Kier molecular flexibility index (Phi) is 5.08. The average molecular weight is 250 g/mol. The summed E-state index contributed by atoms with van der Waals surface area (Å²) in [4.78, 5) is 11.4. The molecule has 0 bridgehead atoms. The summed E-state index contributed by atoms with van der Waals surface area (Å²) in [5.74, 6) is 1.86. The van der Waals surface area contributed by atoms with Crippen molar-refractivity contribution in [2.24, 2.45) is 0 Å². The first-order valence-corrected chi connectivity index (χ1v) is 6.60. The number of hydrogen-bond donors (Lipinski definition) is 1. The van der Waals surface area contributed by atoms with E-state index in [9.17, 15) is 0 Å². The predicted octanol–water partition coefficient (Wildman–Crippen LogP) is 2.31. The zero-order valence-corrected chi connectivity index (χ0v) is 12.5. The number of anilines is 1. The molecule has 18 heavy (non-hydrogen) atoms. The smallest absolute Gasteiger partial charge is 0.132 e. The van der Waals surface area contributed by atoms with E-state index >= 15 is 0 Å². The highest BCUT2D eigenvalue weighted by molar-refractivity contribution is 5.37. The van der Waals surface area contributed by atoms with E-state index in [1.165, 1.54) is 0 Å². The van der Waals surface area contributed by atoms with Crippen LogP contribution in [-0.2, 0) is 11.8 Å². The summed E-state index contributed by atoms with van der Waals surface area (Å²) in [6.45, 7) is 10.5. The summed E-state index contributed by atoms with van der Waals surface area (Å²) >= 11 is 0. The van der Waals surface area contributed by atoms with Crippen LogP contribution in [0.15, 0.2) is 6.07 Å². The normalized spacial score (nSPS) is 11.9. The molecule has 0 atom stereocenters. The van der Waals surface area contributed by atoms with Crippen molar-refractivity contribution in [3.8, 4) is 0 Å². The zero-order valence-electron chi connectivity index (χ0n) is 12.5. The van der Waals surface area contributed by atoms with Crippen LogP contribution in [0, 0.1) is 0 Å². The van der Waals surface area contributed by atoms with Crippen molar-refractivity contribution in [2.75, 3.05) is 32.5 Å². The van der Waals surface area contributed by atoms with Crippen molar-refractivity contribution >= 4 is 5.82 Å². The molecule has 1 aromatic rings. The highest BCUT2D eigenvalue weighted by Crippen LogP contribution is 2.22. The molecule has 1 rings (SSSR count). The van der Waals surface area contributed by atoms with Gasteiger partial charge in [-0.25, -0.2) is 9.97 Å². The lowest BCUT2D eigenvalue weighted by Gasteiger charge is -2.20. The summed E-state index contributed by atoms with van der Waals surface area (Å²) in [7, 11) is 4.14. The van der Waals surface area contributed by atoms with Gasteiger partial charge in [-0.2, -0.15) is 0 Å². The van der Waals surface area contributed by atoms with Gasteiger partial charge in [-0.05, 0) is 21.0 Å². The van der Waals surface area contributed by atoms with Gasteiger partial charge in [0, 0.05) is 31.0 Å². The summed E-state index contributed by atoms with van der Waals surface area (Å²) in [5, 5.41) is 3.28. The molecule has 0 spiro atoms. The number of hydrogen-bond acceptors (Lipinski definition) is 4. The molecule has 0 fully saturated rings. The van der Waals surface area contributed by atoms with Gasteiger partial charge in [0.05, 0.1) is 5.69 Å². The monoisotopic (exact) mass is 250 g/mol. The van der Waals surface area contributed by atoms with Crippen LogP contribution >= 0.6 is 0 Å². The van der Waals surface area contributed by atoms with Gasteiger partial charge in [0.1, 0.15) is 11.6 Å². The van der Waals surface area contributed by atoms with Crippen LogP contribution in [0.4, 0.5) is 5.82 Å². The molecule has 102 valence electrons. The minimum absolute atomic E-state index is 0.0555. The molecule has 4 heteroatoms. The third kappa shape index (κ3) is 4.61. The maximum absolute atomic E-state index is 4.68. The van der Waals surface area contributed by atoms with Crippen molar-refractivity contribution in [2.45, 2.75) is 39.5 Å². The Hall–Kier alpha value is -1.16. The maximum atomic E-state index is 4.68. The van der Waals surface area contributed by atoms with E-state index in [4.69, 9.17) is 0 Å². The van der Waals surface area contributed by atoms with Crippen LogP contribution in [0.5, 0.6) is 0 Å². The molecule has 0 radical (unpaired) electrons. The number of aromatic nitrogens is 2. The summed E-state index contributed by atoms with van der Waals surface area (Å²) < 4.78 is 0. The average Bonchev–Trinajstić information content (AvgIpc) is 2.25. The van der Waals surface area contributed by atoms with E-state index in [1.54, 1.807) is 0 Å². The Labute approximate surface area is 111 Å². The molecule has 0 saturated heterocycles. The number of rotatable bonds is 5. The SMILES string of the molecule is CCNc1cc(C(C)(C)C)nc(CCN(C)C)n1. The summed E-state index contributed by atoms with van der Waals surface area (Å²) in [6, 6.07) is 2.06. The van der Waals surface area contributed by atoms with Crippen molar-refractivity contribution < 1.29 is 0 Å². The predicted molar refractivity (Wildman–Crippen MR) is 77.2 cm³/mol. The van der Waals surface area contributed by atoms with Crippen molar-refractivity contribution in [3.05, 3.63) is 17.6 Å². The summed E-state index contributed by atoms with van der Waals surface area (Å²) in [5.41, 5.74) is 1.15. The second-order valence-electron chi connectivity index (χ2n) is 5.89. The Balaban J connectivity index is 2.98. The first-order valence-electron chi connectivity index (χ1n) is 6.60. The molecule has 0 aromatic carbocycles. The standard InChI is InChI=1S/C14H26N4/c1-7-15-13-10-11(14(2,3)4)16-12(17-13)8-9-18(5)6/h10H,7-9H2,1-6H3,(H,15,16,17). The Morgan fingerprint density at radius 3 is 2.39 bits per heavy atom. The van der Waals surface area contributed by atoms with Crippen LogP contribution < -0.4 is 5.32 Å². The molecular formula is C14H26N4. The van der Waals surface area contributed by atoms with Gasteiger partial charge in [-0.1, -0.05) is 20.8 Å². The van der Waals surface area contributed by atoms with Gasteiger partial charge < -0.3 is 10.2 Å². The molecule has 0 aliphatic rings. The van der Waals surface area contributed by atoms with Crippen molar-refractivity contribution in [3.63, 3.8) is 0 Å². The van der Waals surface area contributed by atoms with Crippen LogP contribution in [0.3, 0.4) is 0 Å². The van der Waals surface area contributed by atoms with Gasteiger partial charge in [0.2, 0.25) is 0 Å². The molecule has 0 saturated carbocycles. The lowest BCUT2D eigenvalue weighted by atomic mass is 9.92. The minimum atomic E-state index is 0.0555. The van der Waals surface area contributed by atoms with Gasteiger partial charge in [-0.15, -0.1) is 0 Å². The van der Waals surface area contributed by atoms with E-state index in [0.717, 1.165) is 36.8 Å². The zero-order chi connectivity index (χ0) is 13.8. The first kappa shape index (κ1) is 14.9. The second-order valence-corrected chi connectivity index (χ2v) is 5.89. The molecule has 1 N–H and O–H groups in total. The van der Waals surface area contributed by atoms with E-state index < -0.39 is 0 Å². The molecule has 0 unspecified atom stereocenters. The molecule has 1 heterocycles. The lowest BCUT2D eigenvalue weighted by Crippen LogP contribution is -2.20. The van der Waals surface area contributed by atoms with Crippen molar-refractivity contribution in [1.29, 1.82) is 0 Å². The fourth-order valence-corrected chi connectivity index (χ4v) is 1.59. The van der Waals surface area contributed by atoms with Crippen LogP contribution in [0.25, 0.3) is 0 Å². The molecule has 0 aliphatic carbocycles. The number of nitrogens with one attached hydrogen (secondary N) is 1. The van der Waals surface area contributed by atoms with Crippen LogP contribution in [-0.4, -0.2) is 42.1 Å². The summed E-state index contributed by atoms with van der Waals surface area (Å²) in [6.07, 6.45) is 0.884. The molecular weight excluding hydrogens is 224 g/mol. The van der Waals surface area contributed by atoms with E-state index in [0.29, 0.717) is 0 Å². The number of nitrogens with zero attached hydrogens (tertiary/aromatic N) is 3. The molecule has 4 nitrogen and oxygen atoms in total. The highest BCUT2D eigenvalue weighted by atomic mass is 15.1. The molecule has 1 aromatic heterocycles. The fraction of sp³-hybridized carbons (Fsp3) is 0.714. The van der Waals surface area contributed by atoms with Crippen LogP contribution in [0.1, 0.15) is 39.2 Å². The molecule has 0 amide bonds. The first-order chi connectivity index (χ1) is 8.32. The Morgan fingerprint density at radius 2 is 1.89 bits per heavy atom. The van der Waals surface area contributed by atoms with Crippen molar-refractivity contribution in [1.82, 2.24) is 14.9 Å². The minimum Gasteiger partial charge on any atom is -0.370 e. The van der Waals surface area contributed by atoms with Crippen LogP contribution in [0.2, 0.25) is 0 Å². The number of likely N-dealkylation sites (N-methyl/N-ethyl adjacent to an activating group) is 1. The fourth-order valence-electron chi connectivity index (χ4n) is 1.59. The lowest BCUT2D eigenvalue weighted by molar-refractivity contribution is 0.408. The topological polar surface area (TPSA) is 41.1 Å². The maximum Gasteiger partial charge on any atom is 0.132 e. The van der Waals surface area contributed by atoms with Gasteiger partial charge >= 0.3 is 0 Å². The second kappa shape index (κ2) is 6.14. The molecule has 0 aliphatic heterocycles. The van der Waals surface area contributed by atoms with E-state index in [2.05, 4.69) is 68.0 Å². The highest BCUT2D eigenvalue weighted by Gasteiger charge is 2.17. The van der Waals surface area contributed by atoms with Gasteiger partial charge in [0.15, 0.2) is 0 Å². The largest absolute Gasteiger partial charge is 0.370 e. The van der Waals surface area contributed by atoms with Gasteiger partial charge in [-0.3, -0.25) is 0 Å². The van der Waals surface area contributed by atoms with Gasteiger partial charge in [0.25, 0.3) is 0 Å². The third-order valence-electron chi connectivity index (χ3n) is 2.68. The quantitative estimate of drug-likeness (QED) is 0.870. The van der Waals surface area contributed by atoms with E-state index in [-0.39, 0.29) is 5.41 Å². The third-order valence-corrected chi connectivity index (χ3v) is 2.68. The Morgan fingerprint density at radius 1 is 1.22 bits per heavy atom. The van der Waals surface area contributed by atoms with E-state index in [1.807, 2.05) is 0 Å². The Bertz CT molecular complexity index is 380.